The average Bonchev–Trinajstić information content (AvgIpc) is 2.32. The maximum absolute atomic E-state index is 11.3. The summed E-state index contributed by atoms with van der Waals surface area (Å²) in [5, 5.41) is 32.6. The molecule has 26 heavy (non-hydrogen) atoms. The third kappa shape index (κ3) is 10.5. The average molecular weight is 420 g/mol. The second kappa shape index (κ2) is 12.0. The van der Waals surface area contributed by atoms with Crippen LogP contribution >= 0.6 is 0 Å². The summed E-state index contributed by atoms with van der Waals surface area (Å²) in [6.45, 7) is 0. The van der Waals surface area contributed by atoms with Crippen LogP contribution in [0.15, 0.2) is 0 Å². The molecule has 0 bridgehead atoms. The number of esters is 2. The smallest absolute Gasteiger partial charge is 1.00 e. The fourth-order valence-electron chi connectivity index (χ4n) is 1.38. The van der Waals surface area contributed by atoms with Crippen molar-refractivity contribution in [1.29, 1.82) is 0 Å². The molecule has 13 nitrogen and oxygen atoms in total. The normalized spacial score (nSPS) is 13.8. The van der Waals surface area contributed by atoms with Crippen LogP contribution in [-0.4, -0.2) is 74.1 Å². The van der Waals surface area contributed by atoms with E-state index in [0.29, 0.717) is 0 Å². The fourth-order valence-corrected chi connectivity index (χ4v) is 1.98. The first kappa shape index (κ1) is 30.2. The van der Waals surface area contributed by atoms with Gasteiger partial charge in [-0.3, -0.25) is 23.7 Å². The van der Waals surface area contributed by atoms with Crippen LogP contribution < -0.4 is 59.1 Å². The summed E-state index contributed by atoms with van der Waals surface area (Å²) in [5.74, 6) is -9.50. The minimum Gasteiger partial charge on any atom is -1.00 e. The van der Waals surface area contributed by atoms with Gasteiger partial charge in [0.25, 0.3) is 10.1 Å². The number of carbonyl (C=O) groups is 5. The zero-order valence-corrected chi connectivity index (χ0v) is 18.4. The van der Waals surface area contributed by atoms with Crippen LogP contribution in [0.1, 0.15) is 22.1 Å². The molecule has 0 radical (unpaired) electrons. The van der Waals surface area contributed by atoms with Gasteiger partial charge in [0.15, 0.2) is 10.9 Å². The molecule has 0 aliphatic carbocycles. The Morgan fingerprint density at radius 3 is 1.73 bits per heavy atom. The van der Waals surface area contributed by atoms with Gasteiger partial charge in [-0.15, -0.1) is 0 Å². The molecule has 0 rings (SSSR count). The van der Waals surface area contributed by atoms with Crippen molar-refractivity contribution in [2.24, 2.45) is 0 Å². The van der Waals surface area contributed by atoms with Gasteiger partial charge in [-0.05, 0) is 0 Å². The Labute approximate surface area is 193 Å². The van der Waals surface area contributed by atoms with E-state index >= 15 is 0 Å². The van der Waals surface area contributed by atoms with E-state index in [1.165, 1.54) is 0 Å². The molecule has 0 saturated heterocycles. The monoisotopic (exact) mass is 420 g/mol. The Hall–Kier alpha value is -0.580. The number of carboxylic acid groups (broad SMARTS) is 3. The Kier molecular flexibility index (Phi) is 13.9. The number of aliphatic carboxylic acids is 3. The van der Waals surface area contributed by atoms with Gasteiger partial charge >= 0.3 is 89.0 Å². The predicted molar refractivity (Wildman–Crippen MR) is 70.4 cm³/mol. The number of aliphatic hydroxyl groups is 1. The summed E-state index contributed by atoms with van der Waals surface area (Å²) in [4.78, 5) is 54.4. The van der Waals surface area contributed by atoms with Crippen LogP contribution in [0.5, 0.6) is 0 Å². The summed E-state index contributed by atoms with van der Waals surface area (Å²) < 4.78 is 34.0. The molecule has 140 valence electrons. The van der Waals surface area contributed by atoms with Gasteiger partial charge < -0.3 is 28.0 Å². The molecule has 5 N–H and O–H groups in total. The summed E-state index contributed by atoms with van der Waals surface area (Å²) in [6.07, 6.45) is -4.37. The quantitative estimate of drug-likeness (QED) is 0.101. The van der Waals surface area contributed by atoms with Crippen molar-refractivity contribution in [3.05, 3.63) is 0 Å². The van der Waals surface area contributed by atoms with Gasteiger partial charge in [-0.1, -0.05) is 0 Å². The van der Waals surface area contributed by atoms with Crippen LogP contribution in [0.3, 0.4) is 0 Å². The zero-order chi connectivity index (χ0) is 19.3. The molecule has 0 saturated carbocycles. The summed E-state index contributed by atoms with van der Waals surface area (Å²) in [5.41, 5.74) is -3.10. The van der Waals surface area contributed by atoms with Crippen LogP contribution in [0.2, 0.25) is 0 Å². The molecule has 2 atom stereocenters. The maximum atomic E-state index is 11.3. The number of hydrogen-bond acceptors (Lipinski definition) is 9. The van der Waals surface area contributed by atoms with E-state index in [1.807, 2.05) is 0 Å². The minimum atomic E-state index is -5.19. The van der Waals surface area contributed by atoms with E-state index < -0.39 is 70.1 Å². The van der Waals surface area contributed by atoms with Gasteiger partial charge in [-0.2, -0.15) is 8.42 Å². The second-order valence-corrected chi connectivity index (χ2v) is 6.08. The predicted octanol–water partition coefficient (Wildman–Crippen LogP) is -8.30. The minimum absolute atomic E-state index is 0. The van der Waals surface area contributed by atoms with Crippen molar-refractivity contribution in [3.63, 3.8) is 0 Å². The first-order valence-corrected chi connectivity index (χ1v) is 7.29. The first-order chi connectivity index (χ1) is 10.7. The molecule has 2 unspecified atom stereocenters. The molecule has 16 heteroatoms. The molecule has 0 fully saturated rings. The maximum Gasteiger partial charge on any atom is 1.00 e. The summed E-state index contributed by atoms with van der Waals surface area (Å²) in [7, 11) is -5.19. The first-order valence-electron chi connectivity index (χ1n) is 5.79. The zero-order valence-electron chi connectivity index (χ0n) is 15.6. The SMILES string of the molecule is O=C(O)CC(O)(CC(=O)OC(=O)CC(C(=O)O)S(=O)(=O)O)C(=O)O.[H-].[H-].[Na+].[Na+]. The summed E-state index contributed by atoms with van der Waals surface area (Å²) in [6, 6.07) is 0. The largest absolute Gasteiger partial charge is 1.00 e. The van der Waals surface area contributed by atoms with Crippen molar-refractivity contribution in [1.82, 2.24) is 0 Å². The molecular formula is C10H14Na2O13S. The van der Waals surface area contributed by atoms with E-state index in [-0.39, 0.29) is 62.0 Å². The molecule has 0 aliphatic heterocycles. The van der Waals surface area contributed by atoms with Crippen molar-refractivity contribution in [3.8, 4) is 0 Å². The number of rotatable bonds is 9. The van der Waals surface area contributed by atoms with E-state index in [0.717, 1.165) is 0 Å². The molecule has 0 aromatic heterocycles. The standard InChI is InChI=1S/C10H12O13S.2Na.2H/c11-5(12)2-10(19,9(17)18)3-7(14)23-6(13)1-4(8(15)16)24(20,21)22;;;;/h4,19H,1-3H2,(H,11,12)(H,15,16)(H,17,18)(H,20,21,22);;;;/q;2*+1;2*-1. The number of ether oxygens (including phenoxy) is 1. The van der Waals surface area contributed by atoms with Crippen molar-refractivity contribution in [2.75, 3.05) is 0 Å². The van der Waals surface area contributed by atoms with Gasteiger partial charge in [0.05, 0.1) is 19.3 Å². The Balaban J connectivity index is -0.000000441. The Morgan fingerprint density at radius 2 is 1.42 bits per heavy atom. The Morgan fingerprint density at radius 1 is 0.962 bits per heavy atom. The van der Waals surface area contributed by atoms with Crippen LogP contribution in [0, 0.1) is 0 Å². The van der Waals surface area contributed by atoms with E-state index in [9.17, 15) is 37.5 Å². The molecule has 0 heterocycles. The third-order valence-electron chi connectivity index (χ3n) is 2.49. The fraction of sp³-hybridized carbons (Fsp3) is 0.500. The van der Waals surface area contributed by atoms with E-state index in [4.69, 9.17) is 19.9 Å². The molecule has 0 aromatic carbocycles. The molecule has 0 amide bonds. The van der Waals surface area contributed by atoms with Crippen molar-refractivity contribution >= 4 is 40.0 Å². The molecule has 0 spiro atoms. The van der Waals surface area contributed by atoms with Gasteiger partial charge in [0.2, 0.25) is 0 Å². The number of carboxylic acids is 3. The number of carbonyl (C=O) groups excluding carboxylic acids is 2. The van der Waals surface area contributed by atoms with Crippen LogP contribution in [-0.2, 0) is 38.8 Å². The van der Waals surface area contributed by atoms with Gasteiger partial charge in [-0.25, -0.2) is 4.79 Å². The Bertz CT molecular complexity index is 683. The van der Waals surface area contributed by atoms with E-state index in [1.54, 1.807) is 0 Å². The second-order valence-electron chi connectivity index (χ2n) is 4.48. The van der Waals surface area contributed by atoms with Gasteiger partial charge in [0, 0.05) is 0 Å². The molecule has 0 aromatic rings. The topological polar surface area (TPSA) is 230 Å². The summed E-state index contributed by atoms with van der Waals surface area (Å²) >= 11 is 0. The van der Waals surface area contributed by atoms with Crippen molar-refractivity contribution in [2.45, 2.75) is 30.1 Å². The van der Waals surface area contributed by atoms with Crippen LogP contribution in [0.25, 0.3) is 0 Å². The third-order valence-corrected chi connectivity index (χ3v) is 3.58. The number of hydrogen-bond donors (Lipinski definition) is 5. The van der Waals surface area contributed by atoms with Crippen molar-refractivity contribution < 1.29 is 124 Å². The van der Waals surface area contributed by atoms with Gasteiger partial charge in [0.1, 0.15) is 0 Å². The van der Waals surface area contributed by atoms with Crippen LogP contribution in [0.4, 0.5) is 0 Å². The van der Waals surface area contributed by atoms with E-state index in [2.05, 4.69) is 4.74 Å². The molecule has 0 aliphatic rings. The molecular weight excluding hydrogens is 406 g/mol.